The zero-order valence-corrected chi connectivity index (χ0v) is 14.0. The molecule has 0 spiro atoms. The molecule has 0 aliphatic carbocycles. The Morgan fingerprint density at radius 1 is 1.13 bits per heavy atom. The van der Waals surface area contributed by atoms with Crippen LogP contribution in [0.3, 0.4) is 0 Å². The quantitative estimate of drug-likeness (QED) is 0.874. The van der Waals surface area contributed by atoms with Crippen molar-refractivity contribution in [3.05, 3.63) is 35.9 Å². The molecule has 2 rings (SSSR count). The van der Waals surface area contributed by atoms with Gasteiger partial charge in [-0.2, -0.15) is 0 Å². The van der Waals surface area contributed by atoms with E-state index in [0.29, 0.717) is 26.3 Å². The monoisotopic (exact) mass is 318 g/mol. The number of rotatable bonds is 6. The van der Waals surface area contributed by atoms with Crippen LogP contribution in [0.5, 0.6) is 0 Å². The van der Waals surface area contributed by atoms with E-state index in [2.05, 4.69) is 5.32 Å². The summed E-state index contributed by atoms with van der Waals surface area (Å²) in [5.74, 6) is -0.164. The average Bonchev–Trinajstić information content (AvgIpc) is 2.61. The highest BCUT2D eigenvalue weighted by molar-refractivity contribution is 5.89. The van der Waals surface area contributed by atoms with Gasteiger partial charge in [-0.05, 0) is 18.4 Å². The first-order chi connectivity index (χ1) is 11.2. The van der Waals surface area contributed by atoms with E-state index >= 15 is 0 Å². The van der Waals surface area contributed by atoms with E-state index in [1.807, 2.05) is 44.2 Å². The minimum absolute atomic E-state index is 0.0505. The Labute approximate surface area is 138 Å². The third kappa shape index (κ3) is 4.55. The maximum absolute atomic E-state index is 12.9. The second kappa shape index (κ2) is 8.67. The van der Waals surface area contributed by atoms with Gasteiger partial charge in [-0.15, -0.1) is 0 Å². The van der Waals surface area contributed by atoms with E-state index in [9.17, 15) is 9.59 Å². The number of nitrogens with one attached hydrogen (secondary N) is 1. The molecule has 5 heteroatoms. The number of nitrogens with zero attached hydrogens (tertiary/aromatic N) is 1. The van der Waals surface area contributed by atoms with Crippen LogP contribution >= 0.6 is 0 Å². The van der Waals surface area contributed by atoms with Gasteiger partial charge in [0.15, 0.2) is 0 Å². The molecular weight excluding hydrogens is 292 g/mol. The molecule has 5 nitrogen and oxygen atoms in total. The number of benzene rings is 1. The van der Waals surface area contributed by atoms with Crippen molar-refractivity contribution in [3.63, 3.8) is 0 Å². The van der Waals surface area contributed by atoms with Crippen molar-refractivity contribution < 1.29 is 14.3 Å². The molecule has 0 radical (unpaired) electrons. The number of hydrogen-bond donors (Lipinski definition) is 1. The fourth-order valence-corrected chi connectivity index (χ4v) is 2.82. The number of ether oxygens (including phenoxy) is 1. The standard InChI is InChI=1S/C18H26N2O3/c1-3-14(4-2)17(21)19-16(15-8-6-5-7-9-15)18(22)20-10-12-23-13-11-20/h5-9,14,16H,3-4,10-13H2,1-2H3,(H,19,21)/t16-/m0/s1. The smallest absolute Gasteiger partial charge is 0.249 e. The van der Waals surface area contributed by atoms with E-state index in [0.717, 1.165) is 18.4 Å². The van der Waals surface area contributed by atoms with E-state index in [-0.39, 0.29) is 17.7 Å². The molecule has 0 saturated carbocycles. The molecule has 1 aliphatic heterocycles. The Morgan fingerprint density at radius 3 is 2.30 bits per heavy atom. The first kappa shape index (κ1) is 17.5. The Hall–Kier alpha value is -1.88. The molecule has 1 fully saturated rings. The lowest BCUT2D eigenvalue weighted by Crippen LogP contribution is -2.48. The maximum Gasteiger partial charge on any atom is 0.249 e. The van der Waals surface area contributed by atoms with Gasteiger partial charge in [0.2, 0.25) is 11.8 Å². The van der Waals surface area contributed by atoms with Crippen LogP contribution in [0.1, 0.15) is 38.3 Å². The van der Waals surface area contributed by atoms with E-state index in [1.54, 1.807) is 4.90 Å². The summed E-state index contributed by atoms with van der Waals surface area (Å²) in [6.45, 7) is 6.23. The van der Waals surface area contributed by atoms with Gasteiger partial charge >= 0.3 is 0 Å². The van der Waals surface area contributed by atoms with E-state index in [4.69, 9.17) is 4.74 Å². The molecule has 23 heavy (non-hydrogen) atoms. The average molecular weight is 318 g/mol. The van der Waals surface area contributed by atoms with Crippen molar-refractivity contribution in [1.29, 1.82) is 0 Å². The Bertz CT molecular complexity index is 508. The van der Waals surface area contributed by atoms with Crippen LogP contribution in [0.15, 0.2) is 30.3 Å². The van der Waals surface area contributed by atoms with Crippen molar-refractivity contribution in [2.24, 2.45) is 5.92 Å². The summed E-state index contributed by atoms with van der Waals surface area (Å²) in [6, 6.07) is 8.83. The number of morpholine rings is 1. The summed E-state index contributed by atoms with van der Waals surface area (Å²) < 4.78 is 5.31. The molecule has 1 heterocycles. The van der Waals surface area contributed by atoms with Crippen molar-refractivity contribution >= 4 is 11.8 Å². The summed E-state index contributed by atoms with van der Waals surface area (Å²) in [4.78, 5) is 27.1. The Balaban J connectivity index is 2.18. The second-order valence-electron chi connectivity index (χ2n) is 5.80. The van der Waals surface area contributed by atoms with Gasteiger partial charge in [0.05, 0.1) is 13.2 Å². The normalized spacial score (nSPS) is 16.2. The molecule has 1 N–H and O–H groups in total. The Morgan fingerprint density at radius 2 is 1.74 bits per heavy atom. The van der Waals surface area contributed by atoms with Crippen molar-refractivity contribution in [2.75, 3.05) is 26.3 Å². The molecular formula is C18H26N2O3. The van der Waals surface area contributed by atoms with Gasteiger partial charge in [-0.1, -0.05) is 44.2 Å². The summed E-state index contributed by atoms with van der Waals surface area (Å²) in [6.07, 6.45) is 1.55. The number of carbonyl (C=O) groups excluding carboxylic acids is 2. The number of carbonyl (C=O) groups is 2. The molecule has 126 valence electrons. The van der Waals surface area contributed by atoms with Crippen LogP contribution in [0, 0.1) is 5.92 Å². The largest absolute Gasteiger partial charge is 0.378 e. The molecule has 1 saturated heterocycles. The lowest BCUT2D eigenvalue weighted by atomic mass is 10.00. The van der Waals surface area contributed by atoms with Gasteiger partial charge in [0, 0.05) is 19.0 Å². The van der Waals surface area contributed by atoms with Gasteiger partial charge in [-0.3, -0.25) is 9.59 Å². The van der Waals surface area contributed by atoms with Crippen LogP contribution < -0.4 is 5.32 Å². The minimum atomic E-state index is -0.623. The fourth-order valence-electron chi connectivity index (χ4n) is 2.82. The summed E-state index contributed by atoms with van der Waals surface area (Å²) in [5.41, 5.74) is 0.822. The zero-order chi connectivity index (χ0) is 16.7. The second-order valence-corrected chi connectivity index (χ2v) is 5.80. The number of amides is 2. The molecule has 0 aromatic heterocycles. The van der Waals surface area contributed by atoms with Crippen LogP contribution in [-0.4, -0.2) is 43.0 Å². The van der Waals surface area contributed by atoms with Gasteiger partial charge in [0.1, 0.15) is 6.04 Å². The first-order valence-electron chi connectivity index (χ1n) is 8.39. The lowest BCUT2D eigenvalue weighted by molar-refractivity contribution is -0.141. The highest BCUT2D eigenvalue weighted by Gasteiger charge is 2.29. The molecule has 2 amide bonds. The topological polar surface area (TPSA) is 58.6 Å². The molecule has 1 aromatic carbocycles. The maximum atomic E-state index is 12.9. The summed E-state index contributed by atoms with van der Waals surface area (Å²) in [7, 11) is 0. The van der Waals surface area contributed by atoms with Gasteiger partial charge in [-0.25, -0.2) is 0 Å². The first-order valence-corrected chi connectivity index (χ1v) is 8.39. The fraction of sp³-hybridized carbons (Fsp3) is 0.556. The lowest BCUT2D eigenvalue weighted by Gasteiger charge is -2.31. The van der Waals surface area contributed by atoms with E-state index < -0.39 is 6.04 Å². The van der Waals surface area contributed by atoms with E-state index in [1.165, 1.54) is 0 Å². The molecule has 0 bridgehead atoms. The summed E-state index contributed by atoms with van der Waals surface area (Å²) in [5, 5.41) is 2.96. The van der Waals surface area contributed by atoms with Gasteiger partial charge < -0.3 is 15.0 Å². The van der Waals surface area contributed by atoms with Crippen LogP contribution in [0.2, 0.25) is 0 Å². The molecule has 1 atom stereocenters. The highest BCUT2D eigenvalue weighted by Crippen LogP contribution is 2.19. The van der Waals surface area contributed by atoms with Crippen LogP contribution in [0.4, 0.5) is 0 Å². The highest BCUT2D eigenvalue weighted by atomic mass is 16.5. The Kier molecular flexibility index (Phi) is 6.59. The van der Waals surface area contributed by atoms with Crippen molar-refractivity contribution in [1.82, 2.24) is 10.2 Å². The SMILES string of the molecule is CCC(CC)C(=O)N[C@H](C(=O)N1CCOCC1)c1ccccc1. The summed E-state index contributed by atoms with van der Waals surface area (Å²) >= 11 is 0. The minimum Gasteiger partial charge on any atom is -0.378 e. The van der Waals surface area contributed by atoms with Crippen LogP contribution in [-0.2, 0) is 14.3 Å². The third-order valence-corrected chi connectivity index (χ3v) is 4.35. The predicted octanol–water partition coefficient (Wildman–Crippen LogP) is 2.14. The third-order valence-electron chi connectivity index (χ3n) is 4.35. The van der Waals surface area contributed by atoms with Crippen LogP contribution in [0.25, 0.3) is 0 Å². The van der Waals surface area contributed by atoms with Crippen molar-refractivity contribution in [2.45, 2.75) is 32.7 Å². The zero-order valence-electron chi connectivity index (χ0n) is 14.0. The van der Waals surface area contributed by atoms with Crippen molar-refractivity contribution in [3.8, 4) is 0 Å². The molecule has 1 aliphatic rings. The predicted molar refractivity (Wildman–Crippen MR) is 88.8 cm³/mol. The number of hydrogen-bond acceptors (Lipinski definition) is 3. The molecule has 1 aromatic rings. The van der Waals surface area contributed by atoms with Gasteiger partial charge in [0.25, 0.3) is 0 Å². The molecule has 0 unspecified atom stereocenters.